The van der Waals surface area contributed by atoms with Crippen LogP contribution in [0.3, 0.4) is 0 Å². The maximum Gasteiger partial charge on any atom is 0.246 e. The zero-order valence-corrected chi connectivity index (χ0v) is 16.9. The summed E-state index contributed by atoms with van der Waals surface area (Å²) in [5, 5.41) is 3.02. The third-order valence-corrected chi connectivity index (χ3v) is 6.09. The molecule has 138 valence electrons. The van der Waals surface area contributed by atoms with Crippen molar-refractivity contribution in [2.45, 2.75) is 0 Å². The average molecular weight is 444 g/mol. The Morgan fingerprint density at radius 3 is 2.74 bits per heavy atom. The van der Waals surface area contributed by atoms with Gasteiger partial charge in [0.05, 0.1) is 13.2 Å². The standard InChI is InChI=1S/C20H18BrN3O2S/c21-15-4-1-13(2-5-15)16-12-27-19-14(11-23-20(22)18(16)19)3-6-17(25)24-7-9-26-10-8-24/h1-6,11-12H,7-10H2,(H2,22,23). The molecule has 7 heteroatoms. The lowest BCUT2D eigenvalue weighted by molar-refractivity contribution is -0.129. The maximum absolute atomic E-state index is 12.4. The third-order valence-electron chi connectivity index (χ3n) is 4.54. The van der Waals surface area contributed by atoms with Crippen molar-refractivity contribution in [2.75, 3.05) is 32.0 Å². The lowest BCUT2D eigenvalue weighted by atomic mass is 10.0. The number of benzene rings is 1. The number of rotatable bonds is 3. The number of carbonyl (C=O) groups is 1. The van der Waals surface area contributed by atoms with Crippen LogP contribution < -0.4 is 5.73 Å². The fourth-order valence-corrected chi connectivity index (χ4v) is 4.44. The van der Waals surface area contributed by atoms with Crippen LogP contribution in [0.4, 0.5) is 5.82 Å². The molecular weight excluding hydrogens is 426 g/mol. The Labute approximate surface area is 169 Å². The number of hydrogen-bond donors (Lipinski definition) is 1. The average Bonchev–Trinajstić information content (AvgIpc) is 3.15. The highest BCUT2D eigenvalue weighted by Gasteiger charge is 2.16. The number of carbonyl (C=O) groups excluding carboxylic acids is 1. The van der Waals surface area contributed by atoms with Gasteiger partial charge in [-0.05, 0) is 29.2 Å². The number of nitrogen functional groups attached to an aromatic ring is 1. The van der Waals surface area contributed by atoms with Crippen molar-refractivity contribution in [2.24, 2.45) is 0 Å². The molecule has 1 fully saturated rings. The first-order valence-corrected chi connectivity index (χ1v) is 10.3. The van der Waals surface area contributed by atoms with E-state index in [9.17, 15) is 4.79 Å². The molecule has 0 spiro atoms. The lowest BCUT2D eigenvalue weighted by Crippen LogP contribution is -2.39. The molecule has 1 aromatic carbocycles. The SMILES string of the molecule is Nc1ncc(C=CC(=O)N2CCOCC2)c2scc(-c3ccc(Br)cc3)c12. The van der Waals surface area contributed by atoms with Crippen molar-refractivity contribution in [3.8, 4) is 11.1 Å². The van der Waals surface area contributed by atoms with Crippen LogP contribution in [0.1, 0.15) is 5.56 Å². The van der Waals surface area contributed by atoms with E-state index < -0.39 is 0 Å². The number of hydrogen-bond acceptors (Lipinski definition) is 5. The van der Waals surface area contributed by atoms with Crippen LogP contribution >= 0.6 is 27.3 Å². The van der Waals surface area contributed by atoms with Crippen LogP contribution in [0.2, 0.25) is 0 Å². The van der Waals surface area contributed by atoms with Crippen molar-refractivity contribution in [1.82, 2.24) is 9.88 Å². The Morgan fingerprint density at radius 2 is 2.00 bits per heavy atom. The first kappa shape index (κ1) is 18.2. The molecule has 1 saturated heterocycles. The molecule has 1 amide bonds. The number of fused-ring (bicyclic) bond motifs is 1. The smallest absolute Gasteiger partial charge is 0.246 e. The van der Waals surface area contributed by atoms with Crippen molar-refractivity contribution in [3.05, 3.63) is 52.0 Å². The van der Waals surface area contributed by atoms with E-state index >= 15 is 0 Å². The number of pyridine rings is 1. The Bertz CT molecular complexity index is 1010. The van der Waals surface area contributed by atoms with Gasteiger partial charge in [0.1, 0.15) is 5.82 Å². The number of ether oxygens (including phenoxy) is 1. The quantitative estimate of drug-likeness (QED) is 0.616. The van der Waals surface area contributed by atoms with E-state index in [1.807, 2.05) is 18.2 Å². The van der Waals surface area contributed by atoms with E-state index in [1.165, 1.54) is 0 Å². The molecule has 0 bridgehead atoms. The van der Waals surface area contributed by atoms with Gasteiger partial charge in [-0.1, -0.05) is 28.1 Å². The summed E-state index contributed by atoms with van der Waals surface area (Å²) in [6.07, 6.45) is 5.16. The Kier molecular flexibility index (Phi) is 5.24. The second-order valence-corrected chi connectivity index (χ2v) is 8.03. The largest absolute Gasteiger partial charge is 0.383 e. The van der Waals surface area contributed by atoms with Crippen LogP contribution in [0.15, 0.2) is 46.4 Å². The molecule has 27 heavy (non-hydrogen) atoms. The Morgan fingerprint density at radius 1 is 1.26 bits per heavy atom. The molecule has 1 aliphatic heterocycles. The molecule has 0 atom stereocenters. The molecule has 2 N–H and O–H groups in total. The van der Waals surface area contributed by atoms with Gasteiger partial charge in [-0.15, -0.1) is 11.3 Å². The number of thiophene rings is 1. The maximum atomic E-state index is 12.4. The van der Waals surface area contributed by atoms with E-state index in [1.54, 1.807) is 28.5 Å². The van der Waals surface area contributed by atoms with Gasteiger partial charge < -0.3 is 15.4 Å². The lowest BCUT2D eigenvalue weighted by Gasteiger charge is -2.25. The number of amides is 1. The van der Waals surface area contributed by atoms with Gasteiger partial charge in [-0.25, -0.2) is 4.98 Å². The van der Waals surface area contributed by atoms with Crippen LogP contribution in [0.5, 0.6) is 0 Å². The highest BCUT2D eigenvalue weighted by molar-refractivity contribution is 9.10. The second kappa shape index (κ2) is 7.80. The molecule has 0 radical (unpaired) electrons. The minimum absolute atomic E-state index is 0.00651. The second-order valence-electron chi connectivity index (χ2n) is 6.23. The molecule has 4 rings (SSSR count). The molecule has 0 aliphatic carbocycles. The van der Waals surface area contributed by atoms with Crippen LogP contribution in [-0.4, -0.2) is 42.1 Å². The molecule has 5 nitrogen and oxygen atoms in total. The summed E-state index contributed by atoms with van der Waals surface area (Å²) in [4.78, 5) is 18.5. The predicted octanol–water partition coefficient (Wildman–Crippen LogP) is 4.18. The normalized spacial score (nSPS) is 14.9. The van der Waals surface area contributed by atoms with Crippen LogP contribution in [-0.2, 0) is 9.53 Å². The summed E-state index contributed by atoms with van der Waals surface area (Å²) >= 11 is 5.08. The Balaban J connectivity index is 1.68. The minimum Gasteiger partial charge on any atom is -0.383 e. The summed E-state index contributed by atoms with van der Waals surface area (Å²) < 4.78 is 7.36. The molecule has 3 heterocycles. The summed E-state index contributed by atoms with van der Waals surface area (Å²) in [5.74, 6) is 0.494. The first-order valence-electron chi connectivity index (χ1n) is 8.60. The summed E-state index contributed by atoms with van der Waals surface area (Å²) in [5.41, 5.74) is 9.23. The number of nitrogens with two attached hydrogens (primary N) is 1. The van der Waals surface area contributed by atoms with Gasteiger partial charge in [0, 0.05) is 51.0 Å². The first-order chi connectivity index (χ1) is 13.1. The number of halogens is 1. The van der Waals surface area contributed by atoms with Crippen molar-refractivity contribution in [3.63, 3.8) is 0 Å². The summed E-state index contributed by atoms with van der Waals surface area (Å²) in [6, 6.07) is 8.12. The van der Waals surface area contributed by atoms with Gasteiger partial charge in [0.15, 0.2) is 0 Å². The number of morpholine rings is 1. The van der Waals surface area contributed by atoms with Gasteiger partial charge in [0.2, 0.25) is 5.91 Å². The monoisotopic (exact) mass is 443 g/mol. The fraction of sp³-hybridized carbons (Fsp3) is 0.200. The summed E-state index contributed by atoms with van der Waals surface area (Å²) in [7, 11) is 0. The molecule has 2 aromatic heterocycles. The van der Waals surface area contributed by atoms with Crippen molar-refractivity contribution >= 4 is 55.2 Å². The predicted molar refractivity (Wildman–Crippen MR) is 114 cm³/mol. The Hall–Kier alpha value is -2.22. The van der Waals surface area contributed by atoms with E-state index in [0.29, 0.717) is 32.1 Å². The highest BCUT2D eigenvalue weighted by atomic mass is 79.9. The number of anilines is 1. The molecule has 0 unspecified atom stereocenters. The van der Waals surface area contributed by atoms with Gasteiger partial charge >= 0.3 is 0 Å². The van der Waals surface area contributed by atoms with Gasteiger partial charge in [-0.2, -0.15) is 0 Å². The molecular formula is C20H18BrN3O2S. The zero-order valence-electron chi connectivity index (χ0n) is 14.5. The highest BCUT2D eigenvalue weighted by Crippen LogP contribution is 2.39. The van der Waals surface area contributed by atoms with E-state index in [0.717, 1.165) is 31.2 Å². The number of nitrogens with zero attached hydrogens (tertiary/aromatic N) is 2. The fourth-order valence-electron chi connectivity index (χ4n) is 3.10. The minimum atomic E-state index is -0.00651. The van der Waals surface area contributed by atoms with Gasteiger partial charge in [0.25, 0.3) is 0 Å². The van der Waals surface area contributed by atoms with Gasteiger partial charge in [-0.3, -0.25) is 4.79 Å². The van der Waals surface area contributed by atoms with Crippen molar-refractivity contribution in [1.29, 1.82) is 0 Å². The topological polar surface area (TPSA) is 68.5 Å². The van der Waals surface area contributed by atoms with E-state index in [4.69, 9.17) is 10.5 Å². The van der Waals surface area contributed by atoms with Crippen LogP contribution in [0.25, 0.3) is 27.3 Å². The third kappa shape index (κ3) is 3.76. The summed E-state index contributed by atoms with van der Waals surface area (Å²) in [6.45, 7) is 2.44. The van der Waals surface area contributed by atoms with Crippen LogP contribution in [0, 0.1) is 0 Å². The van der Waals surface area contributed by atoms with Crippen molar-refractivity contribution < 1.29 is 9.53 Å². The molecule has 0 saturated carbocycles. The van der Waals surface area contributed by atoms with E-state index in [-0.39, 0.29) is 5.91 Å². The number of aromatic nitrogens is 1. The van der Waals surface area contributed by atoms with E-state index in [2.05, 4.69) is 38.4 Å². The molecule has 3 aromatic rings. The molecule has 1 aliphatic rings. The zero-order chi connectivity index (χ0) is 18.8.